The largest absolute Gasteiger partial charge is 0.481 e. The van der Waals surface area contributed by atoms with Crippen LogP contribution in [0.15, 0.2) is 10.9 Å². The summed E-state index contributed by atoms with van der Waals surface area (Å²) in [4.78, 5) is 51.8. The van der Waals surface area contributed by atoms with Gasteiger partial charge in [0.15, 0.2) is 0 Å². The predicted molar refractivity (Wildman–Crippen MR) is 94.9 cm³/mol. The number of anilines is 1. The average Bonchev–Trinajstić information content (AvgIpc) is 2.54. The lowest BCUT2D eigenvalue weighted by Crippen LogP contribution is -2.32. The highest BCUT2D eigenvalue weighted by atomic mass is 16.4. The Bertz CT molecular complexity index is 688. The van der Waals surface area contributed by atoms with Crippen LogP contribution in [0.2, 0.25) is 0 Å². The molecule has 3 amide bonds. The van der Waals surface area contributed by atoms with Crippen molar-refractivity contribution in [1.82, 2.24) is 20.6 Å². The van der Waals surface area contributed by atoms with Gasteiger partial charge in [0.05, 0.1) is 5.92 Å². The van der Waals surface area contributed by atoms with Crippen LogP contribution in [0.3, 0.4) is 0 Å². The second kappa shape index (κ2) is 10.9. The van der Waals surface area contributed by atoms with Crippen LogP contribution >= 0.6 is 0 Å². The molecule has 0 aliphatic carbocycles. The molecule has 0 aliphatic rings. The number of aromatic nitrogens is 2. The summed E-state index contributed by atoms with van der Waals surface area (Å²) in [6.07, 6.45) is 1.63. The van der Waals surface area contributed by atoms with E-state index in [2.05, 4.69) is 25.9 Å². The van der Waals surface area contributed by atoms with Crippen molar-refractivity contribution in [3.63, 3.8) is 0 Å². The molecular weight excluding hydrogens is 342 g/mol. The fraction of sp³-hybridized carbons (Fsp3) is 0.562. The minimum absolute atomic E-state index is 0.0335. The molecule has 26 heavy (non-hydrogen) atoms. The van der Waals surface area contributed by atoms with E-state index < -0.39 is 23.5 Å². The lowest BCUT2D eigenvalue weighted by Gasteiger charge is -2.10. The monoisotopic (exact) mass is 367 g/mol. The summed E-state index contributed by atoms with van der Waals surface area (Å²) in [5.74, 6) is -1.85. The molecule has 0 saturated carbocycles. The summed E-state index contributed by atoms with van der Waals surface area (Å²) in [6.45, 7) is 4.19. The molecule has 0 aromatic carbocycles. The maximum atomic E-state index is 11.7. The molecule has 0 spiro atoms. The van der Waals surface area contributed by atoms with Crippen molar-refractivity contribution < 1.29 is 19.5 Å². The Hall–Kier alpha value is -2.91. The highest BCUT2D eigenvalue weighted by molar-refractivity contribution is 5.87. The molecule has 1 aromatic rings. The van der Waals surface area contributed by atoms with Crippen molar-refractivity contribution in [2.45, 2.75) is 39.5 Å². The third-order valence-electron chi connectivity index (χ3n) is 3.59. The van der Waals surface area contributed by atoms with Crippen LogP contribution in [0, 0.1) is 12.8 Å². The molecule has 1 unspecified atom stereocenters. The van der Waals surface area contributed by atoms with Crippen molar-refractivity contribution in [1.29, 1.82) is 0 Å². The van der Waals surface area contributed by atoms with Crippen molar-refractivity contribution >= 4 is 23.9 Å². The number of carbonyl (C=O) groups is 3. The van der Waals surface area contributed by atoms with Crippen LogP contribution in [0.1, 0.15) is 38.3 Å². The standard InChI is InChI=1S/C16H25N5O5/c1-3-11(14(24)25)9-12(22)17-6-4-5-7-18-16(26)21-15-19-10(2)8-13(23)20-15/h8,11H,3-7,9H2,1-2H3,(H,17,22)(H,24,25)(H3,18,19,20,21,23,26). The third-order valence-corrected chi connectivity index (χ3v) is 3.59. The summed E-state index contributed by atoms with van der Waals surface area (Å²) < 4.78 is 0. The van der Waals surface area contributed by atoms with Gasteiger partial charge >= 0.3 is 12.0 Å². The number of H-pyrrole nitrogens is 1. The number of unbranched alkanes of at least 4 members (excludes halogenated alkanes) is 1. The number of nitrogens with one attached hydrogen (secondary N) is 4. The summed E-state index contributed by atoms with van der Waals surface area (Å²) in [5.41, 5.74) is 0.143. The number of carboxylic acids is 1. The normalized spacial score (nSPS) is 11.5. The van der Waals surface area contributed by atoms with Gasteiger partial charge in [-0.15, -0.1) is 0 Å². The topological polar surface area (TPSA) is 153 Å². The van der Waals surface area contributed by atoms with E-state index in [9.17, 15) is 19.2 Å². The van der Waals surface area contributed by atoms with Gasteiger partial charge in [0.25, 0.3) is 5.56 Å². The van der Waals surface area contributed by atoms with E-state index in [0.29, 0.717) is 38.0 Å². The first-order chi connectivity index (χ1) is 12.3. The fourth-order valence-electron chi connectivity index (χ4n) is 2.17. The Morgan fingerprint density at radius 1 is 1.23 bits per heavy atom. The number of carbonyl (C=O) groups excluding carboxylic acids is 2. The number of carboxylic acid groups (broad SMARTS) is 1. The number of rotatable bonds is 10. The molecule has 0 saturated heterocycles. The number of aliphatic carboxylic acids is 1. The number of urea groups is 1. The zero-order valence-electron chi connectivity index (χ0n) is 14.9. The quantitative estimate of drug-likeness (QED) is 0.382. The smallest absolute Gasteiger partial charge is 0.321 e. The molecule has 1 rings (SSSR count). The lowest BCUT2D eigenvalue weighted by atomic mass is 10.0. The van der Waals surface area contributed by atoms with Gasteiger partial charge in [-0.25, -0.2) is 4.79 Å². The van der Waals surface area contributed by atoms with Crippen molar-refractivity contribution in [3.05, 3.63) is 22.1 Å². The first kappa shape index (κ1) is 21.1. The molecule has 0 aliphatic heterocycles. The van der Waals surface area contributed by atoms with E-state index in [-0.39, 0.29) is 18.3 Å². The number of aryl methyl sites for hydroxylation is 1. The number of amides is 3. The molecule has 10 heteroatoms. The average molecular weight is 367 g/mol. The Morgan fingerprint density at radius 3 is 2.46 bits per heavy atom. The molecule has 5 N–H and O–H groups in total. The molecule has 144 valence electrons. The van der Waals surface area contributed by atoms with Crippen molar-refractivity contribution in [2.75, 3.05) is 18.4 Å². The first-order valence-electron chi connectivity index (χ1n) is 8.44. The van der Waals surface area contributed by atoms with E-state index in [1.807, 2.05) is 0 Å². The van der Waals surface area contributed by atoms with Crippen LogP contribution in [0.5, 0.6) is 0 Å². The van der Waals surface area contributed by atoms with Crippen LogP contribution < -0.4 is 21.5 Å². The number of hydrogen-bond acceptors (Lipinski definition) is 5. The minimum atomic E-state index is -0.970. The van der Waals surface area contributed by atoms with E-state index >= 15 is 0 Å². The number of aromatic amines is 1. The molecule has 1 atom stereocenters. The van der Waals surface area contributed by atoms with Gasteiger partial charge < -0.3 is 20.7 Å². The lowest BCUT2D eigenvalue weighted by molar-refractivity contribution is -0.144. The Kier molecular flexibility index (Phi) is 8.82. The summed E-state index contributed by atoms with van der Waals surface area (Å²) in [6, 6.07) is 0.825. The van der Waals surface area contributed by atoms with Crippen molar-refractivity contribution in [3.8, 4) is 0 Å². The second-order valence-electron chi connectivity index (χ2n) is 5.84. The number of nitrogens with zero attached hydrogens (tertiary/aromatic N) is 1. The molecule has 10 nitrogen and oxygen atoms in total. The second-order valence-corrected chi connectivity index (χ2v) is 5.84. The maximum Gasteiger partial charge on any atom is 0.321 e. The SMILES string of the molecule is CCC(CC(=O)NCCCCNC(=O)Nc1nc(=O)cc(C)[nH]1)C(=O)O. The molecule has 0 bridgehead atoms. The zero-order valence-corrected chi connectivity index (χ0v) is 14.9. The van der Waals surface area contributed by atoms with Crippen molar-refractivity contribution in [2.24, 2.45) is 5.92 Å². The summed E-state index contributed by atoms with van der Waals surface area (Å²) in [7, 11) is 0. The molecule has 0 fully saturated rings. The Morgan fingerprint density at radius 2 is 1.88 bits per heavy atom. The molecule has 0 radical (unpaired) electrons. The molecule has 1 heterocycles. The summed E-state index contributed by atoms with van der Waals surface area (Å²) >= 11 is 0. The van der Waals surface area contributed by atoms with Crippen LogP contribution in [0.4, 0.5) is 10.7 Å². The summed E-state index contributed by atoms with van der Waals surface area (Å²) in [5, 5.41) is 16.6. The van der Waals surface area contributed by atoms with E-state index in [4.69, 9.17) is 5.11 Å². The van der Waals surface area contributed by atoms with Crippen LogP contribution in [0.25, 0.3) is 0 Å². The molecule has 1 aromatic heterocycles. The van der Waals surface area contributed by atoms with E-state index in [0.717, 1.165) is 0 Å². The van der Waals surface area contributed by atoms with Gasteiger partial charge in [-0.1, -0.05) is 6.92 Å². The molecular formula is C16H25N5O5. The third kappa shape index (κ3) is 8.27. The fourth-order valence-corrected chi connectivity index (χ4v) is 2.17. The highest BCUT2D eigenvalue weighted by Crippen LogP contribution is 2.07. The van der Waals surface area contributed by atoms with Gasteiger partial charge in [-0.05, 0) is 26.2 Å². The number of hydrogen-bond donors (Lipinski definition) is 5. The van der Waals surface area contributed by atoms with Gasteiger partial charge in [0.2, 0.25) is 11.9 Å². The van der Waals surface area contributed by atoms with E-state index in [1.54, 1.807) is 13.8 Å². The first-order valence-corrected chi connectivity index (χ1v) is 8.44. The minimum Gasteiger partial charge on any atom is -0.481 e. The zero-order chi connectivity index (χ0) is 19.5. The van der Waals surface area contributed by atoms with Crippen LogP contribution in [-0.2, 0) is 9.59 Å². The highest BCUT2D eigenvalue weighted by Gasteiger charge is 2.18. The predicted octanol–water partition coefficient (Wildman–Crippen LogP) is 0.597. The Labute approximate surface area is 150 Å². The Balaban J connectivity index is 2.16. The van der Waals surface area contributed by atoms with Gasteiger partial charge in [0.1, 0.15) is 0 Å². The van der Waals surface area contributed by atoms with E-state index in [1.165, 1.54) is 6.07 Å². The maximum absolute atomic E-state index is 11.7. The van der Waals surface area contributed by atoms with Gasteiger partial charge in [0, 0.05) is 31.3 Å². The van der Waals surface area contributed by atoms with Gasteiger partial charge in [-0.2, -0.15) is 4.98 Å². The van der Waals surface area contributed by atoms with Gasteiger partial charge in [-0.3, -0.25) is 19.7 Å². The van der Waals surface area contributed by atoms with Crippen LogP contribution in [-0.4, -0.2) is 46.1 Å².